The molecule has 0 bridgehead atoms. The van der Waals surface area contributed by atoms with Crippen molar-refractivity contribution in [3.63, 3.8) is 0 Å². The van der Waals surface area contributed by atoms with E-state index in [1.165, 1.54) is 11.4 Å². The molecule has 118 valence electrons. The number of H-pyrrole nitrogens is 1. The summed E-state index contributed by atoms with van der Waals surface area (Å²) in [6.45, 7) is 0.942. The van der Waals surface area contributed by atoms with Crippen molar-refractivity contribution in [1.82, 2.24) is 19.6 Å². The molecule has 5 rings (SSSR count). The SMILES string of the molecule is c1ccc(N2CCc3[nH]cnc3[C@@H]2c2cc3ccccn3n2)cc1. The van der Waals surface area contributed by atoms with Gasteiger partial charge in [0.15, 0.2) is 0 Å². The molecule has 1 N–H and O–H groups in total. The first kappa shape index (κ1) is 13.4. The van der Waals surface area contributed by atoms with Gasteiger partial charge in [0.25, 0.3) is 0 Å². The van der Waals surface area contributed by atoms with Crippen LogP contribution in [0.5, 0.6) is 0 Å². The van der Waals surface area contributed by atoms with Gasteiger partial charge in [0, 0.05) is 30.5 Å². The predicted octanol–water partition coefficient (Wildman–Crippen LogP) is 3.21. The third-order valence-electron chi connectivity index (χ3n) is 4.68. The van der Waals surface area contributed by atoms with Crippen LogP contribution in [0.1, 0.15) is 23.1 Å². The molecule has 0 spiro atoms. The van der Waals surface area contributed by atoms with Crippen LogP contribution in [0.2, 0.25) is 0 Å². The molecule has 0 amide bonds. The number of benzene rings is 1. The van der Waals surface area contributed by atoms with E-state index in [-0.39, 0.29) is 6.04 Å². The van der Waals surface area contributed by atoms with Crippen molar-refractivity contribution in [2.75, 3.05) is 11.4 Å². The fourth-order valence-electron chi connectivity index (χ4n) is 3.57. The number of fused-ring (bicyclic) bond motifs is 2. The highest BCUT2D eigenvalue weighted by molar-refractivity contribution is 5.56. The average Bonchev–Trinajstić information content (AvgIpc) is 3.28. The normalized spacial score (nSPS) is 17.2. The van der Waals surface area contributed by atoms with Crippen molar-refractivity contribution in [3.8, 4) is 0 Å². The van der Waals surface area contributed by atoms with E-state index in [1.807, 2.05) is 28.9 Å². The molecule has 24 heavy (non-hydrogen) atoms. The number of pyridine rings is 1. The van der Waals surface area contributed by atoms with Crippen LogP contribution >= 0.6 is 0 Å². The summed E-state index contributed by atoms with van der Waals surface area (Å²) in [7, 11) is 0. The fourth-order valence-corrected chi connectivity index (χ4v) is 3.57. The second kappa shape index (κ2) is 5.23. The number of hydrogen-bond donors (Lipinski definition) is 1. The summed E-state index contributed by atoms with van der Waals surface area (Å²) in [5.74, 6) is 0. The molecule has 1 aliphatic heterocycles. The van der Waals surface area contributed by atoms with Gasteiger partial charge in [-0.3, -0.25) is 0 Å². The Labute approximate surface area is 139 Å². The van der Waals surface area contributed by atoms with Crippen LogP contribution in [0, 0.1) is 0 Å². The van der Waals surface area contributed by atoms with Crippen molar-refractivity contribution in [2.45, 2.75) is 12.5 Å². The molecular weight excluding hydrogens is 298 g/mol. The van der Waals surface area contributed by atoms with E-state index >= 15 is 0 Å². The summed E-state index contributed by atoms with van der Waals surface area (Å²) >= 11 is 0. The molecule has 1 aromatic carbocycles. The van der Waals surface area contributed by atoms with Crippen LogP contribution in [0.3, 0.4) is 0 Å². The van der Waals surface area contributed by atoms with Crippen LogP contribution in [0.25, 0.3) is 5.52 Å². The van der Waals surface area contributed by atoms with Gasteiger partial charge in [-0.1, -0.05) is 24.3 Å². The minimum Gasteiger partial charge on any atom is -0.357 e. The van der Waals surface area contributed by atoms with E-state index in [9.17, 15) is 0 Å². The number of hydrogen-bond acceptors (Lipinski definition) is 3. The van der Waals surface area contributed by atoms with Gasteiger partial charge in [-0.15, -0.1) is 0 Å². The number of aromatic nitrogens is 4. The summed E-state index contributed by atoms with van der Waals surface area (Å²) in [5, 5.41) is 4.81. The van der Waals surface area contributed by atoms with Gasteiger partial charge < -0.3 is 9.88 Å². The topological polar surface area (TPSA) is 49.2 Å². The van der Waals surface area contributed by atoms with Gasteiger partial charge in [-0.25, -0.2) is 9.50 Å². The zero-order valence-electron chi connectivity index (χ0n) is 13.1. The summed E-state index contributed by atoms with van der Waals surface area (Å²) in [6.07, 6.45) is 4.75. The van der Waals surface area contributed by atoms with Gasteiger partial charge in [-0.2, -0.15) is 5.10 Å². The third-order valence-corrected chi connectivity index (χ3v) is 4.68. The van der Waals surface area contributed by atoms with Crippen LogP contribution in [0.15, 0.2) is 67.1 Å². The molecule has 0 radical (unpaired) electrons. The molecule has 0 unspecified atom stereocenters. The Morgan fingerprint density at radius 3 is 2.79 bits per heavy atom. The first-order valence-electron chi connectivity index (χ1n) is 8.18. The molecule has 1 aliphatic rings. The van der Waals surface area contributed by atoms with Crippen molar-refractivity contribution in [3.05, 3.63) is 84.2 Å². The van der Waals surface area contributed by atoms with Gasteiger partial charge in [0.05, 0.1) is 23.2 Å². The Bertz CT molecular complexity index is 952. The summed E-state index contributed by atoms with van der Waals surface area (Å²) in [4.78, 5) is 10.3. The Kier molecular flexibility index (Phi) is 2.91. The predicted molar refractivity (Wildman–Crippen MR) is 93.1 cm³/mol. The molecule has 0 saturated heterocycles. The number of para-hydroxylation sites is 1. The maximum absolute atomic E-state index is 4.81. The van der Waals surface area contributed by atoms with E-state index in [1.54, 1.807) is 6.33 Å². The van der Waals surface area contributed by atoms with Crippen LogP contribution in [-0.2, 0) is 6.42 Å². The lowest BCUT2D eigenvalue weighted by molar-refractivity contribution is 0.617. The lowest BCUT2D eigenvalue weighted by Gasteiger charge is -2.35. The third kappa shape index (κ3) is 2.01. The number of aromatic amines is 1. The Morgan fingerprint density at radius 2 is 1.92 bits per heavy atom. The van der Waals surface area contributed by atoms with Gasteiger partial charge in [-0.05, 0) is 30.3 Å². The molecule has 0 saturated carbocycles. The van der Waals surface area contributed by atoms with Gasteiger partial charge in [0.2, 0.25) is 0 Å². The number of rotatable bonds is 2. The molecule has 1 atom stereocenters. The number of imidazole rings is 1. The lowest BCUT2D eigenvalue weighted by Crippen LogP contribution is -2.36. The Balaban J connectivity index is 1.68. The molecule has 4 aromatic rings. The van der Waals surface area contributed by atoms with Crippen molar-refractivity contribution < 1.29 is 0 Å². The van der Waals surface area contributed by atoms with Gasteiger partial charge in [0.1, 0.15) is 6.04 Å². The monoisotopic (exact) mass is 315 g/mol. The summed E-state index contributed by atoms with van der Waals surface area (Å²) in [5.41, 5.74) is 5.62. The van der Waals surface area contributed by atoms with E-state index in [0.29, 0.717) is 0 Å². The van der Waals surface area contributed by atoms with Crippen LogP contribution in [-0.4, -0.2) is 26.1 Å². The molecular formula is C19H17N5. The van der Waals surface area contributed by atoms with Gasteiger partial charge >= 0.3 is 0 Å². The molecule has 3 aromatic heterocycles. The highest BCUT2D eigenvalue weighted by Crippen LogP contribution is 2.36. The standard InChI is InChI=1S/C19H17N5/c1-2-6-14(7-3-1)23-11-9-16-18(21-13-20-16)19(23)17-12-15-8-4-5-10-24(15)22-17/h1-8,10,12-13,19H,9,11H2,(H,20,21)/t19-/m0/s1. The second-order valence-electron chi connectivity index (χ2n) is 6.09. The second-order valence-corrected chi connectivity index (χ2v) is 6.09. The lowest BCUT2D eigenvalue weighted by atomic mass is 9.99. The molecule has 0 fully saturated rings. The average molecular weight is 315 g/mol. The number of nitrogens with one attached hydrogen (secondary N) is 1. The Hall–Kier alpha value is -3.08. The number of nitrogens with zero attached hydrogens (tertiary/aromatic N) is 4. The highest BCUT2D eigenvalue weighted by atomic mass is 15.3. The minimum atomic E-state index is 0.0299. The largest absolute Gasteiger partial charge is 0.357 e. The zero-order valence-corrected chi connectivity index (χ0v) is 13.1. The van der Waals surface area contributed by atoms with E-state index in [4.69, 9.17) is 5.10 Å². The first-order valence-corrected chi connectivity index (χ1v) is 8.18. The number of anilines is 1. The zero-order chi connectivity index (χ0) is 15.9. The van der Waals surface area contributed by atoms with Crippen LogP contribution in [0.4, 0.5) is 5.69 Å². The highest BCUT2D eigenvalue weighted by Gasteiger charge is 2.33. The van der Waals surface area contributed by atoms with Crippen molar-refractivity contribution >= 4 is 11.2 Å². The Morgan fingerprint density at radius 1 is 1.04 bits per heavy atom. The molecule has 5 nitrogen and oxygen atoms in total. The van der Waals surface area contributed by atoms with E-state index in [0.717, 1.165) is 29.9 Å². The molecule has 4 heterocycles. The minimum absolute atomic E-state index is 0.0299. The maximum atomic E-state index is 4.81. The molecule has 5 heteroatoms. The summed E-state index contributed by atoms with van der Waals surface area (Å²) in [6, 6.07) is 18.8. The fraction of sp³-hybridized carbons (Fsp3) is 0.158. The van der Waals surface area contributed by atoms with E-state index in [2.05, 4.69) is 51.3 Å². The van der Waals surface area contributed by atoms with Crippen LogP contribution < -0.4 is 4.90 Å². The first-order chi connectivity index (χ1) is 11.9. The smallest absolute Gasteiger partial charge is 0.117 e. The molecule has 0 aliphatic carbocycles. The maximum Gasteiger partial charge on any atom is 0.117 e. The summed E-state index contributed by atoms with van der Waals surface area (Å²) < 4.78 is 1.93. The van der Waals surface area contributed by atoms with E-state index < -0.39 is 0 Å². The van der Waals surface area contributed by atoms with Crippen molar-refractivity contribution in [2.24, 2.45) is 0 Å². The van der Waals surface area contributed by atoms with Crippen molar-refractivity contribution in [1.29, 1.82) is 0 Å². The quantitative estimate of drug-likeness (QED) is 0.618.